The van der Waals surface area contributed by atoms with Crippen molar-refractivity contribution in [1.29, 1.82) is 0 Å². The van der Waals surface area contributed by atoms with Gasteiger partial charge in [-0.1, -0.05) is 30.3 Å². The average Bonchev–Trinajstić information content (AvgIpc) is 2.67. The topological polar surface area (TPSA) is 66.7 Å². The van der Waals surface area contributed by atoms with Crippen molar-refractivity contribution in [3.05, 3.63) is 70.3 Å². The smallest absolute Gasteiger partial charge is 0.269 e. The van der Waals surface area contributed by atoms with Crippen molar-refractivity contribution in [2.75, 3.05) is 31.1 Å². The van der Waals surface area contributed by atoms with Crippen LogP contribution < -0.4 is 4.90 Å². The molecular weight excluding hydrogens is 318 g/mol. The molecule has 1 fully saturated rings. The summed E-state index contributed by atoms with van der Waals surface area (Å²) in [5, 5.41) is 10.7. The van der Waals surface area contributed by atoms with Crippen LogP contribution in [0.3, 0.4) is 0 Å². The minimum absolute atomic E-state index is 0.0416. The van der Waals surface area contributed by atoms with Crippen molar-refractivity contribution in [3.8, 4) is 0 Å². The zero-order chi connectivity index (χ0) is 17.8. The van der Waals surface area contributed by atoms with Gasteiger partial charge in [0.05, 0.1) is 10.8 Å². The lowest BCUT2D eigenvalue weighted by Crippen LogP contribution is -2.49. The standard InChI is InChI=1S/C19H21N3O3/c1-15(16-7-9-18(10-8-16)22(24)25)19(23)21-13-11-20(12-14-21)17-5-3-2-4-6-17/h2-10,15H,11-14H2,1H3/t15-/m0/s1. The van der Waals surface area contributed by atoms with Crippen molar-refractivity contribution in [1.82, 2.24) is 4.90 Å². The van der Waals surface area contributed by atoms with Gasteiger partial charge in [-0.25, -0.2) is 0 Å². The van der Waals surface area contributed by atoms with Crippen molar-refractivity contribution < 1.29 is 9.72 Å². The Kier molecular flexibility index (Phi) is 4.97. The molecule has 0 unspecified atom stereocenters. The molecule has 1 amide bonds. The number of nitrogens with zero attached hydrogens (tertiary/aromatic N) is 3. The minimum atomic E-state index is -0.431. The number of carbonyl (C=O) groups is 1. The fourth-order valence-electron chi connectivity index (χ4n) is 3.12. The van der Waals surface area contributed by atoms with Gasteiger partial charge >= 0.3 is 0 Å². The second kappa shape index (κ2) is 7.34. The Morgan fingerprint density at radius 2 is 1.60 bits per heavy atom. The number of amides is 1. The Labute approximate surface area is 146 Å². The first-order valence-corrected chi connectivity index (χ1v) is 8.39. The van der Waals surface area contributed by atoms with Crippen LogP contribution in [-0.2, 0) is 4.79 Å². The molecule has 2 aromatic carbocycles. The third-order valence-corrected chi connectivity index (χ3v) is 4.69. The number of piperazine rings is 1. The molecular formula is C19H21N3O3. The predicted molar refractivity (Wildman–Crippen MR) is 96.7 cm³/mol. The van der Waals surface area contributed by atoms with Gasteiger partial charge in [0.1, 0.15) is 0 Å². The van der Waals surface area contributed by atoms with Crippen LogP contribution in [0.1, 0.15) is 18.4 Å². The summed E-state index contributed by atoms with van der Waals surface area (Å²) < 4.78 is 0. The molecule has 1 atom stereocenters. The van der Waals surface area contributed by atoms with E-state index in [4.69, 9.17) is 0 Å². The first-order chi connectivity index (χ1) is 12.1. The van der Waals surface area contributed by atoms with Crippen LogP contribution >= 0.6 is 0 Å². The highest BCUT2D eigenvalue weighted by atomic mass is 16.6. The Hall–Kier alpha value is -2.89. The molecule has 25 heavy (non-hydrogen) atoms. The summed E-state index contributed by atoms with van der Waals surface area (Å²) in [7, 11) is 0. The molecule has 0 aliphatic carbocycles. The number of non-ortho nitro benzene ring substituents is 1. The number of nitro benzene ring substituents is 1. The Balaban J connectivity index is 1.61. The third kappa shape index (κ3) is 3.79. The van der Waals surface area contributed by atoms with E-state index in [0.29, 0.717) is 13.1 Å². The number of carbonyl (C=O) groups excluding carboxylic acids is 1. The van der Waals surface area contributed by atoms with Crippen molar-refractivity contribution >= 4 is 17.3 Å². The van der Waals surface area contributed by atoms with Crippen molar-refractivity contribution in [2.45, 2.75) is 12.8 Å². The van der Waals surface area contributed by atoms with Gasteiger partial charge in [-0.2, -0.15) is 0 Å². The normalized spacial score (nSPS) is 15.7. The predicted octanol–water partition coefficient (Wildman–Crippen LogP) is 3.05. The van der Waals surface area contributed by atoms with E-state index in [1.807, 2.05) is 30.0 Å². The summed E-state index contributed by atoms with van der Waals surface area (Å²) in [5.74, 6) is -0.231. The van der Waals surface area contributed by atoms with E-state index in [1.54, 1.807) is 12.1 Å². The monoisotopic (exact) mass is 339 g/mol. The zero-order valence-corrected chi connectivity index (χ0v) is 14.2. The van der Waals surface area contributed by atoms with E-state index in [2.05, 4.69) is 17.0 Å². The second-order valence-electron chi connectivity index (χ2n) is 6.22. The molecule has 1 aliphatic heterocycles. The number of hydrogen-bond acceptors (Lipinski definition) is 4. The van der Waals surface area contributed by atoms with Crippen LogP contribution in [0.15, 0.2) is 54.6 Å². The largest absolute Gasteiger partial charge is 0.368 e. The zero-order valence-electron chi connectivity index (χ0n) is 14.2. The molecule has 0 N–H and O–H groups in total. The SMILES string of the molecule is C[C@H](C(=O)N1CCN(c2ccccc2)CC1)c1ccc([N+](=O)[O-])cc1. The molecule has 1 heterocycles. The van der Waals surface area contributed by atoms with Crippen molar-refractivity contribution in [2.24, 2.45) is 0 Å². The second-order valence-corrected chi connectivity index (χ2v) is 6.22. The van der Waals surface area contributed by atoms with Crippen LogP contribution in [0.25, 0.3) is 0 Å². The Morgan fingerprint density at radius 1 is 1.00 bits per heavy atom. The van der Waals surface area contributed by atoms with E-state index < -0.39 is 4.92 Å². The first kappa shape index (κ1) is 17.0. The molecule has 2 aromatic rings. The van der Waals surface area contributed by atoms with Gasteiger partial charge in [0.25, 0.3) is 5.69 Å². The van der Waals surface area contributed by atoms with Crippen LogP contribution in [0.5, 0.6) is 0 Å². The number of nitro groups is 1. The summed E-state index contributed by atoms with van der Waals surface area (Å²) in [6.45, 7) is 4.84. The molecule has 0 radical (unpaired) electrons. The first-order valence-electron chi connectivity index (χ1n) is 8.39. The number of rotatable bonds is 4. The van der Waals surface area contributed by atoms with Gasteiger partial charge in [0, 0.05) is 44.0 Å². The minimum Gasteiger partial charge on any atom is -0.368 e. The summed E-state index contributed by atoms with van der Waals surface area (Å²) in [6.07, 6.45) is 0. The molecule has 0 spiro atoms. The fourth-order valence-corrected chi connectivity index (χ4v) is 3.12. The van der Waals surface area contributed by atoms with Gasteiger partial charge in [0.15, 0.2) is 0 Å². The number of benzene rings is 2. The van der Waals surface area contributed by atoms with E-state index in [0.717, 1.165) is 18.7 Å². The number of anilines is 1. The van der Waals surface area contributed by atoms with Crippen LogP contribution in [-0.4, -0.2) is 41.9 Å². The van der Waals surface area contributed by atoms with E-state index >= 15 is 0 Å². The van der Waals surface area contributed by atoms with Gasteiger partial charge in [-0.15, -0.1) is 0 Å². The molecule has 0 saturated carbocycles. The number of hydrogen-bond donors (Lipinski definition) is 0. The lowest BCUT2D eigenvalue weighted by atomic mass is 9.99. The lowest BCUT2D eigenvalue weighted by Gasteiger charge is -2.37. The average molecular weight is 339 g/mol. The summed E-state index contributed by atoms with van der Waals surface area (Å²) in [6, 6.07) is 16.4. The van der Waals surface area contributed by atoms with Gasteiger partial charge in [-0.3, -0.25) is 14.9 Å². The summed E-state index contributed by atoms with van der Waals surface area (Å²) in [5.41, 5.74) is 2.03. The third-order valence-electron chi connectivity index (χ3n) is 4.69. The molecule has 1 aliphatic rings. The molecule has 130 valence electrons. The van der Waals surface area contributed by atoms with E-state index in [1.165, 1.54) is 17.8 Å². The fraction of sp³-hybridized carbons (Fsp3) is 0.316. The number of para-hydroxylation sites is 1. The molecule has 3 rings (SSSR count). The highest BCUT2D eigenvalue weighted by Crippen LogP contribution is 2.23. The van der Waals surface area contributed by atoms with Crippen LogP contribution in [0, 0.1) is 10.1 Å². The van der Waals surface area contributed by atoms with Gasteiger partial charge in [0.2, 0.25) is 5.91 Å². The van der Waals surface area contributed by atoms with E-state index in [9.17, 15) is 14.9 Å². The highest BCUT2D eigenvalue weighted by Gasteiger charge is 2.26. The lowest BCUT2D eigenvalue weighted by molar-refractivity contribution is -0.384. The van der Waals surface area contributed by atoms with Crippen molar-refractivity contribution in [3.63, 3.8) is 0 Å². The summed E-state index contributed by atoms with van der Waals surface area (Å²) in [4.78, 5) is 27.2. The molecule has 0 bridgehead atoms. The molecule has 0 aromatic heterocycles. The van der Waals surface area contributed by atoms with Crippen LogP contribution in [0.4, 0.5) is 11.4 Å². The molecule has 6 nitrogen and oxygen atoms in total. The maximum Gasteiger partial charge on any atom is 0.269 e. The Bertz CT molecular complexity index is 738. The van der Waals surface area contributed by atoms with Crippen LogP contribution in [0.2, 0.25) is 0 Å². The maximum absolute atomic E-state index is 12.7. The molecule has 6 heteroatoms. The highest BCUT2D eigenvalue weighted by molar-refractivity contribution is 5.83. The quantitative estimate of drug-likeness (QED) is 0.634. The van der Waals surface area contributed by atoms with Gasteiger partial charge in [-0.05, 0) is 24.6 Å². The molecule has 1 saturated heterocycles. The van der Waals surface area contributed by atoms with E-state index in [-0.39, 0.29) is 17.5 Å². The Morgan fingerprint density at radius 3 is 2.16 bits per heavy atom. The summed E-state index contributed by atoms with van der Waals surface area (Å²) >= 11 is 0. The van der Waals surface area contributed by atoms with Gasteiger partial charge < -0.3 is 9.80 Å². The maximum atomic E-state index is 12.7.